The zero-order valence-corrected chi connectivity index (χ0v) is 13.6. The number of rotatable bonds is 3. The molecule has 1 N–H and O–H groups in total. The number of hydrogen-bond donors (Lipinski definition) is 1. The van der Waals surface area contributed by atoms with E-state index < -0.39 is 10.0 Å². The first-order valence-electron chi connectivity index (χ1n) is 8.18. The van der Waals surface area contributed by atoms with Crippen molar-refractivity contribution < 1.29 is 8.42 Å². The van der Waals surface area contributed by atoms with Gasteiger partial charge in [0.1, 0.15) is 0 Å². The van der Waals surface area contributed by atoms with Crippen LogP contribution in [-0.2, 0) is 10.0 Å². The molecule has 0 radical (unpaired) electrons. The van der Waals surface area contributed by atoms with E-state index in [0.717, 1.165) is 47.8 Å². The third-order valence-electron chi connectivity index (χ3n) is 5.93. The Bertz CT molecular complexity index is 697. The molecule has 5 aliphatic carbocycles. The number of sulfonamides is 1. The third-order valence-corrected chi connectivity index (χ3v) is 7.15. The first-order chi connectivity index (χ1) is 10.5. The molecule has 2 atom stereocenters. The van der Waals surface area contributed by atoms with Crippen molar-refractivity contribution in [1.82, 2.24) is 4.83 Å². The number of nitrogens with zero attached hydrogens (tertiary/aromatic N) is 1. The van der Waals surface area contributed by atoms with Crippen LogP contribution in [0.3, 0.4) is 0 Å². The Hall–Kier alpha value is -1.36. The van der Waals surface area contributed by atoms with E-state index >= 15 is 0 Å². The van der Waals surface area contributed by atoms with Crippen molar-refractivity contribution in [2.45, 2.75) is 43.9 Å². The lowest BCUT2D eigenvalue weighted by atomic mass is 9.62. The summed E-state index contributed by atoms with van der Waals surface area (Å²) in [5.74, 6) is 3.46. The Balaban J connectivity index is 1.48. The van der Waals surface area contributed by atoms with Crippen molar-refractivity contribution >= 4 is 15.7 Å². The van der Waals surface area contributed by atoms with E-state index in [0.29, 0.717) is 0 Å². The molecule has 1 aromatic rings. The van der Waals surface area contributed by atoms with Crippen molar-refractivity contribution in [1.29, 1.82) is 0 Å². The van der Waals surface area contributed by atoms with Gasteiger partial charge in [-0.1, -0.05) is 17.7 Å². The van der Waals surface area contributed by atoms with Gasteiger partial charge >= 0.3 is 0 Å². The van der Waals surface area contributed by atoms with Crippen LogP contribution in [0.1, 0.15) is 37.7 Å². The van der Waals surface area contributed by atoms with Crippen molar-refractivity contribution in [3.8, 4) is 0 Å². The molecule has 6 rings (SSSR count). The maximum absolute atomic E-state index is 12.3. The smallest absolute Gasteiger partial charge is 0.200 e. The second-order valence-corrected chi connectivity index (χ2v) is 8.72. The van der Waals surface area contributed by atoms with Gasteiger partial charge in [-0.15, -0.1) is 0 Å². The predicted octanol–water partition coefficient (Wildman–Crippen LogP) is 3.09. The summed E-state index contributed by atoms with van der Waals surface area (Å²) in [5, 5.41) is 4.27. The summed E-state index contributed by atoms with van der Waals surface area (Å²) in [4.78, 5) is 2.72. The Labute approximate surface area is 132 Å². The monoisotopic (exact) mass is 318 g/mol. The van der Waals surface area contributed by atoms with E-state index in [-0.39, 0.29) is 4.90 Å². The predicted molar refractivity (Wildman–Crippen MR) is 86.0 cm³/mol. The fraction of sp³-hybridized carbons (Fsp3) is 0.588. The highest BCUT2D eigenvalue weighted by Crippen LogP contribution is 2.62. The largest absolute Gasteiger partial charge is 0.276 e. The molecule has 0 heterocycles. The zero-order valence-electron chi connectivity index (χ0n) is 12.8. The lowest BCUT2D eigenvalue weighted by molar-refractivity contribution is 0.0595. The van der Waals surface area contributed by atoms with Crippen molar-refractivity contribution in [3.05, 3.63) is 29.8 Å². The number of hydrazone groups is 1. The minimum atomic E-state index is -3.54. The second-order valence-electron chi connectivity index (χ2n) is 7.06. The normalized spacial score (nSPS) is 35.0. The van der Waals surface area contributed by atoms with E-state index in [2.05, 4.69) is 9.93 Å². The summed E-state index contributed by atoms with van der Waals surface area (Å²) in [6, 6.07) is 6.86. The summed E-state index contributed by atoms with van der Waals surface area (Å²) < 4.78 is 24.6. The van der Waals surface area contributed by atoms with Gasteiger partial charge in [-0.05, 0) is 74.8 Å². The maximum Gasteiger partial charge on any atom is 0.276 e. The van der Waals surface area contributed by atoms with Crippen LogP contribution in [0, 0.1) is 30.6 Å². The Morgan fingerprint density at radius 2 is 1.64 bits per heavy atom. The lowest BCUT2D eigenvalue weighted by Gasteiger charge is -2.42. The number of aryl methyl sites for hydroxylation is 1. The van der Waals surface area contributed by atoms with Crippen molar-refractivity contribution in [3.63, 3.8) is 0 Å². The molecule has 0 spiro atoms. The molecule has 2 unspecified atom stereocenters. The number of fused-ring (bicyclic) bond motifs is 4. The van der Waals surface area contributed by atoms with Gasteiger partial charge in [-0.2, -0.15) is 13.5 Å². The first-order valence-corrected chi connectivity index (χ1v) is 9.67. The summed E-state index contributed by atoms with van der Waals surface area (Å²) in [7, 11) is -3.54. The summed E-state index contributed by atoms with van der Waals surface area (Å²) in [5.41, 5.74) is 2.09. The van der Waals surface area contributed by atoms with E-state index in [1.807, 2.05) is 6.92 Å². The van der Waals surface area contributed by atoms with Gasteiger partial charge < -0.3 is 0 Å². The number of benzene rings is 1. The number of nitrogens with one attached hydrogen (secondary N) is 1. The molecule has 0 amide bonds. The molecule has 0 saturated heterocycles. The zero-order chi connectivity index (χ0) is 15.3. The van der Waals surface area contributed by atoms with Crippen LogP contribution in [0.4, 0.5) is 0 Å². The summed E-state index contributed by atoms with van der Waals surface area (Å²) >= 11 is 0. The highest BCUT2D eigenvalue weighted by molar-refractivity contribution is 7.89. The van der Waals surface area contributed by atoms with Gasteiger partial charge in [0.2, 0.25) is 0 Å². The maximum atomic E-state index is 12.3. The minimum absolute atomic E-state index is 0.278. The Kier molecular flexibility index (Phi) is 3.29. The van der Waals surface area contributed by atoms with Crippen molar-refractivity contribution in [2.75, 3.05) is 0 Å². The molecule has 0 aromatic heterocycles. The van der Waals surface area contributed by atoms with E-state index in [4.69, 9.17) is 0 Å². The fourth-order valence-corrected chi connectivity index (χ4v) is 5.65. The van der Waals surface area contributed by atoms with Crippen molar-refractivity contribution in [2.24, 2.45) is 28.8 Å². The first kappa shape index (κ1) is 14.2. The van der Waals surface area contributed by atoms with Crippen LogP contribution in [0.5, 0.6) is 0 Å². The molecular formula is C17H22N2O2S. The Morgan fingerprint density at radius 1 is 1.00 bits per heavy atom. The molecule has 5 heteroatoms. The molecule has 118 valence electrons. The molecule has 5 aliphatic rings. The average molecular weight is 318 g/mol. The van der Waals surface area contributed by atoms with Gasteiger partial charge in [0.15, 0.2) is 0 Å². The third kappa shape index (κ3) is 2.26. The molecular weight excluding hydrogens is 296 g/mol. The van der Waals surface area contributed by atoms with E-state index in [9.17, 15) is 8.42 Å². The van der Waals surface area contributed by atoms with Crippen LogP contribution >= 0.6 is 0 Å². The van der Waals surface area contributed by atoms with Gasteiger partial charge in [0.05, 0.1) is 4.90 Å². The van der Waals surface area contributed by atoms with Crippen LogP contribution in [0.15, 0.2) is 34.3 Å². The topological polar surface area (TPSA) is 58.5 Å². The van der Waals surface area contributed by atoms with E-state index in [1.54, 1.807) is 24.3 Å². The number of hydrogen-bond acceptors (Lipinski definition) is 3. The quantitative estimate of drug-likeness (QED) is 0.871. The highest BCUT2D eigenvalue weighted by atomic mass is 32.2. The summed E-state index contributed by atoms with van der Waals surface area (Å²) in [6.07, 6.45) is 5.88. The van der Waals surface area contributed by atoms with Crippen LogP contribution in [-0.4, -0.2) is 14.1 Å². The SMILES string of the molecule is Cc1ccc(S(=O)(=O)NN=C2CCC3C4CCC3C4C2)cc1. The molecule has 5 fully saturated rings. The highest BCUT2D eigenvalue weighted by Gasteiger charge is 2.55. The van der Waals surface area contributed by atoms with Gasteiger partial charge in [0, 0.05) is 5.71 Å². The van der Waals surface area contributed by atoms with Gasteiger partial charge in [-0.25, -0.2) is 4.83 Å². The Morgan fingerprint density at radius 3 is 2.32 bits per heavy atom. The minimum Gasteiger partial charge on any atom is -0.200 e. The molecule has 5 saturated carbocycles. The van der Waals surface area contributed by atoms with Gasteiger partial charge in [0.25, 0.3) is 10.0 Å². The standard InChI is InChI=1S/C17H22N2O2S/c1-11-2-5-13(6-3-11)22(20,21)19-18-12-4-7-14-15-8-9-16(14)17(15)10-12/h2-3,5-6,14-17,19H,4,7-10H2,1H3. The van der Waals surface area contributed by atoms with Crippen LogP contribution in [0.2, 0.25) is 0 Å². The van der Waals surface area contributed by atoms with Gasteiger partial charge in [-0.3, -0.25) is 0 Å². The molecule has 22 heavy (non-hydrogen) atoms. The second kappa shape index (κ2) is 5.08. The lowest BCUT2D eigenvalue weighted by Crippen LogP contribution is -2.37. The molecule has 4 nitrogen and oxygen atoms in total. The molecule has 1 aromatic carbocycles. The average Bonchev–Trinajstić information content (AvgIpc) is 3.00. The van der Waals surface area contributed by atoms with E-state index in [1.165, 1.54) is 19.3 Å². The molecule has 0 aliphatic heterocycles. The van der Waals surface area contributed by atoms with Crippen LogP contribution in [0.25, 0.3) is 0 Å². The fourth-order valence-electron chi connectivity index (χ4n) is 4.80. The molecule has 4 bridgehead atoms. The summed E-state index contributed by atoms with van der Waals surface area (Å²) in [6.45, 7) is 1.94. The van der Waals surface area contributed by atoms with Crippen LogP contribution < -0.4 is 4.83 Å².